The molecule has 1 amide bonds. The molecule has 0 aliphatic heterocycles. The van der Waals surface area contributed by atoms with Crippen LogP contribution >= 0.6 is 0 Å². The molecule has 0 aromatic heterocycles. The number of hydrogen-bond donors (Lipinski definition) is 2. The molecule has 8 heteroatoms. The summed E-state index contributed by atoms with van der Waals surface area (Å²) in [4.78, 5) is 12.3. The van der Waals surface area contributed by atoms with Gasteiger partial charge in [0.25, 0.3) is 10.0 Å². The molecule has 7 nitrogen and oxygen atoms in total. The molecular formula is C23H24N2O5S. The molecule has 2 N–H and O–H groups in total. The number of benzene rings is 3. The summed E-state index contributed by atoms with van der Waals surface area (Å²) in [5.41, 5.74) is 1.79. The molecule has 162 valence electrons. The summed E-state index contributed by atoms with van der Waals surface area (Å²) >= 11 is 0. The van der Waals surface area contributed by atoms with E-state index >= 15 is 0 Å². The Hall–Kier alpha value is -3.52. The zero-order valence-electron chi connectivity index (χ0n) is 17.3. The van der Waals surface area contributed by atoms with Gasteiger partial charge in [-0.05, 0) is 73.2 Å². The van der Waals surface area contributed by atoms with Crippen molar-refractivity contribution in [1.29, 1.82) is 0 Å². The predicted molar refractivity (Wildman–Crippen MR) is 120 cm³/mol. The Labute approximate surface area is 182 Å². The van der Waals surface area contributed by atoms with E-state index in [1.165, 1.54) is 12.1 Å². The fourth-order valence-electron chi connectivity index (χ4n) is 2.85. The van der Waals surface area contributed by atoms with Crippen LogP contribution in [-0.4, -0.2) is 28.0 Å². The maximum atomic E-state index is 12.6. The standard InChI is InChI=1S/C23H24N2O5S/c1-3-30-21-12-6-19(7-13-21)25-31(27,28)22-14-8-18(9-15-22)24-23(26)16-17-4-10-20(29-2)11-5-17/h4-15,25H,3,16H2,1-2H3,(H,24,26). The summed E-state index contributed by atoms with van der Waals surface area (Å²) in [5.74, 6) is 1.19. The van der Waals surface area contributed by atoms with Crippen molar-refractivity contribution in [2.75, 3.05) is 23.8 Å². The largest absolute Gasteiger partial charge is 0.497 e. The summed E-state index contributed by atoms with van der Waals surface area (Å²) in [6.45, 7) is 2.41. The summed E-state index contributed by atoms with van der Waals surface area (Å²) < 4.78 is 38.2. The van der Waals surface area contributed by atoms with Gasteiger partial charge in [-0.2, -0.15) is 0 Å². The highest BCUT2D eigenvalue weighted by atomic mass is 32.2. The van der Waals surface area contributed by atoms with E-state index in [0.717, 1.165) is 11.3 Å². The van der Waals surface area contributed by atoms with E-state index in [1.807, 2.05) is 19.1 Å². The minimum Gasteiger partial charge on any atom is -0.497 e. The number of rotatable bonds is 9. The van der Waals surface area contributed by atoms with Crippen molar-refractivity contribution in [3.63, 3.8) is 0 Å². The van der Waals surface area contributed by atoms with Gasteiger partial charge in [-0.15, -0.1) is 0 Å². The number of carbonyl (C=O) groups excluding carboxylic acids is 1. The van der Waals surface area contributed by atoms with Crippen LogP contribution in [-0.2, 0) is 21.2 Å². The lowest BCUT2D eigenvalue weighted by Gasteiger charge is -2.10. The molecule has 0 fully saturated rings. The molecule has 0 radical (unpaired) electrons. The highest BCUT2D eigenvalue weighted by molar-refractivity contribution is 7.92. The van der Waals surface area contributed by atoms with Crippen LogP contribution in [0.2, 0.25) is 0 Å². The molecule has 0 aliphatic carbocycles. The van der Waals surface area contributed by atoms with Crippen molar-refractivity contribution >= 4 is 27.3 Å². The number of amides is 1. The van der Waals surface area contributed by atoms with Crippen molar-refractivity contribution in [2.45, 2.75) is 18.2 Å². The number of carbonyl (C=O) groups is 1. The van der Waals surface area contributed by atoms with Crippen LogP contribution in [0.15, 0.2) is 77.7 Å². The van der Waals surface area contributed by atoms with Crippen molar-refractivity contribution in [3.8, 4) is 11.5 Å². The second-order valence-corrected chi connectivity index (χ2v) is 8.34. The Morgan fingerprint density at radius 1 is 0.839 bits per heavy atom. The quantitative estimate of drug-likeness (QED) is 0.523. The molecule has 0 bridgehead atoms. The Balaban J connectivity index is 1.60. The Kier molecular flexibility index (Phi) is 7.15. The fraction of sp³-hybridized carbons (Fsp3) is 0.174. The van der Waals surface area contributed by atoms with Crippen molar-refractivity contribution in [3.05, 3.63) is 78.4 Å². The molecule has 3 aromatic rings. The molecule has 0 atom stereocenters. The summed E-state index contributed by atoms with van der Waals surface area (Å²) in [7, 11) is -2.17. The van der Waals surface area contributed by atoms with Gasteiger partial charge in [0.2, 0.25) is 5.91 Å². The van der Waals surface area contributed by atoms with Gasteiger partial charge in [0.15, 0.2) is 0 Å². The van der Waals surface area contributed by atoms with Gasteiger partial charge in [0.1, 0.15) is 11.5 Å². The first-order valence-corrected chi connectivity index (χ1v) is 11.2. The van der Waals surface area contributed by atoms with E-state index in [2.05, 4.69) is 10.0 Å². The highest BCUT2D eigenvalue weighted by Gasteiger charge is 2.14. The topological polar surface area (TPSA) is 93.7 Å². The lowest BCUT2D eigenvalue weighted by atomic mass is 10.1. The smallest absolute Gasteiger partial charge is 0.261 e. The lowest BCUT2D eigenvalue weighted by molar-refractivity contribution is -0.115. The molecule has 0 saturated carbocycles. The molecule has 0 heterocycles. The third-order valence-corrected chi connectivity index (χ3v) is 5.79. The Morgan fingerprint density at radius 3 is 2.00 bits per heavy atom. The van der Waals surface area contributed by atoms with Gasteiger partial charge in [-0.3, -0.25) is 9.52 Å². The van der Waals surface area contributed by atoms with E-state index in [1.54, 1.807) is 55.6 Å². The zero-order valence-corrected chi connectivity index (χ0v) is 18.1. The van der Waals surface area contributed by atoms with Gasteiger partial charge in [0, 0.05) is 11.4 Å². The maximum absolute atomic E-state index is 12.6. The fourth-order valence-corrected chi connectivity index (χ4v) is 3.91. The summed E-state index contributed by atoms with van der Waals surface area (Å²) in [6, 6.07) is 19.9. The third kappa shape index (κ3) is 6.23. The Bertz CT molecular complexity index is 1110. The number of ether oxygens (including phenoxy) is 2. The molecular weight excluding hydrogens is 416 g/mol. The third-order valence-electron chi connectivity index (χ3n) is 4.39. The van der Waals surface area contributed by atoms with E-state index in [9.17, 15) is 13.2 Å². The molecule has 3 aromatic carbocycles. The first-order chi connectivity index (χ1) is 14.9. The summed E-state index contributed by atoms with van der Waals surface area (Å²) in [5, 5.41) is 2.77. The van der Waals surface area contributed by atoms with E-state index < -0.39 is 10.0 Å². The number of sulfonamides is 1. The van der Waals surface area contributed by atoms with Crippen LogP contribution in [0, 0.1) is 0 Å². The van der Waals surface area contributed by atoms with E-state index in [0.29, 0.717) is 23.7 Å². The minimum atomic E-state index is -3.75. The molecule has 31 heavy (non-hydrogen) atoms. The molecule has 0 spiro atoms. The van der Waals surface area contributed by atoms with Crippen LogP contribution < -0.4 is 19.5 Å². The second-order valence-electron chi connectivity index (χ2n) is 6.66. The molecule has 3 rings (SSSR count). The van der Waals surface area contributed by atoms with E-state index in [-0.39, 0.29) is 17.2 Å². The lowest BCUT2D eigenvalue weighted by Crippen LogP contribution is -2.15. The average Bonchev–Trinajstić information content (AvgIpc) is 2.76. The van der Waals surface area contributed by atoms with Gasteiger partial charge in [-0.25, -0.2) is 8.42 Å². The molecule has 0 unspecified atom stereocenters. The van der Waals surface area contributed by atoms with Gasteiger partial charge in [-0.1, -0.05) is 12.1 Å². The molecule has 0 aliphatic rings. The number of anilines is 2. The van der Waals surface area contributed by atoms with Crippen LogP contribution in [0.1, 0.15) is 12.5 Å². The first-order valence-electron chi connectivity index (χ1n) is 9.68. The van der Waals surface area contributed by atoms with Crippen molar-refractivity contribution in [2.24, 2.45) is 0 Å². The highest BCUT2D eigenvalue weighted by Crippen LogP contribution is 2.21. The predicted octanol–water partition coefficient (Wildman–Crippen LogP) is 4.08. The van der Waals surface area contributed by atoms with Crippen LogP contribution in [0.5, 0.6) is 11.5 Å². The van der Waals surface area contributed by atoms with Gasteiger partial charge in [0.05, 0.1) is 25.0 Å². The monoisotopic (exact) mass is 440 g/mol. The first kappa shape index (κ1) is 22.2. The SMILES string of the molecule is CCOc1ccc(NS(=O)(=O)c2ccc(NC(=O)Cc3ccc(OC)cc3)cc2)cc1. The number of methoxy groups -OCH3 is 1. The average molecular weight is 441 g/mol. The maximum Gasteiger partial charge on any atom is 0.261 e. The number of hydrogen-bond acceptors (Lipinski definition) is 5. The van der Waals surface area contributed by atoms with Crippen molar-refractivity contribution < 1.29 is 22.7 Å². The van der Waals surface area contributed by atoms with Crippen LogP contribution in [0.4, 0.5) is 11.4 Å². The van der Waals surface area contributed by atoms with E-state index in [4.69, 9.17) is 9.47 Å². The minimum absolute atomic E-state index is 0.0922. The number of nitrogens with one attached hydrogen (secondary N) is 2. The zero-order chi connectivity index (χ0) is 22.3. The molecule has 0 saturated heterocycles. The van der Waals surface area contributed by atoms with Crippen LogP contribution in [0.3, 0.4) is 0 Å². The Morgan fingerprint density at radius 2 is 1.42 bits per heavy atom. The van der Waals surface area contributed by atoms with Gasteiger partial charge < -0.3 is 14.8 Å². The summed E-state index contributed by atoms with van der Waals surface area (Å²) in [6.07, 6.45) is 0.198. The normalized spacial score (nSPS) is 10.9. The van der Waals surface area contributed by atoms with Gasteiger partial charge >= 0.3 is 0 Å². The van der Waals surface area contributed by atoms with Crippen LogP contribution in [0.25, 0.3) is 0 Å². The van der Waals surface area contributed by atoms with Crippen molar-refractivity contribution in [1.82, 2.24) is 0 Å². The second kappa shape index (κ2) is 9.99.